The number of nitrogens with zero attached hydrogens (tertiary/aromatic N) is 1. The summed E-state index contributed by atoms with van der Waals surface area (Å²) in [7, 11) is 1.95. The van der Waals surface area contributed by atoms with E-state index in [1.807, 2.05) is 18.0 Å². The van der Waals surface area contributed by atoms with Crippen molar-refractivity contribution in [3.05, 3.63) is 35.9 Å². The molecule has 100 valence electrons. The summed E-state index contributed by atoms with van der Waals surface area (Å²) in [6.45, 7) is 3.31. The summed E-state index contributed by atoms with van der Waals surface area (Å²) in [5.41, 5.74) is 1.32. The Hall–Kier alpha value is -0.840. The monoisotopic (exact) mass is 266 g/mol. The summed E-state index contributed by atoms with van der Waals surface area (Å²) in [6.07, 6.45) is 2.22. The van der Waals surface area contributed by atoms with E-state index < -0.39 is 0 Å². The molecule has 0 aliphatic rings. The van der Waals surface area contributed by atoms with Crippen LogP contribution < -0.4 is 5.32 Å². The summed E-state index contributed by atoms with van der Waals surface area (Å²) >= 11 is 3.76. The van der Waals surface area contributed by atoms with Crippen LogP contribution in [0.15, 0.2) is 30.3 Å². The number of likely N-dealkylation sites (N-methyl/N-ethyl adjacent to an activating group) is 1. The van der Waals surface area contributed by atoms with Gasteiger partial charge in [0.05, 0.1) is 6.54 Å². The minimum absolute atomic E-state index is 0.0697. The molecule has 0 aliphatic heterocycles. The lowest BCUT2D eigenvalue weighted by Crippen LogP contribution is -2.25. The minimum Gasteiger partial charge on any atom is -0.313 e. The van der Waals surface area contributed by atoms with Crippen molar-refractivity contribution in [1.29, 1.82) is 0 Å². The van der Waals surface area contributed by atoms with E-state index in [1.54, 1.807) is 0 Å². The second-order valence-corrected chi connectivity index (χ2v) is 5.00. The van der Waals surface area contributed by atoms with Crippen LogP contribution in [-0.4, -0.2) is 36.7 Å². The fourth-order valence-corrected chi connectivity index (χ4v) is 2.01. The van der Waals surface area contributed by atoms with Crippen LogP contribution in [-0.2, 0) is 11.3 Å². The molecule has 0 amide bonds. The molecule has 0 spiro atoms. The van der Waals surface area contributed by atoms with E-state index in [-0.39, 0.29) is 5.12 Å². The van der Waals surface area contributed by atoms with Gasteiger partial charge in [0.2, 0.25) is 0 Å². The maximum atomic E-state index is 10.8. The van der Waals surface area contributed by atoms with E-state index in [9.17, 15) is 4.79 Å². The SMILES string of the molecule is CN(CCCCNCc1ccccc1)CC(=O)S. The zero-order chi connectivity index (χ0) is 13.2. The molecule has 1 aromatic carbocycles. The van der Waals surface area contributed by atoms with Gasteiger partial charge < -0.3 is 5.32 Å². The smallest absolute Gasteiger partial charge is 0.199 e. The normalized spacial score (nSPS) is 10.8. The average molecular weight is 266 g/mol. The topological polar surface area (TPSA) is 32.3 Å². The highest BCUT2D eigenvalue weighted by Gasteiger charge is 2.01. The Bertz CT molecular complexity index is 343. The Labute approximate surface area is 115 Å². The zero-order valence-corrected chi connectivity index (χ0v) is 11.8. The van der Waals surface area contributed by atoms with E-state index in [4.69, 9.17) is 0 Å². The molecular formula is C14H22N2OS. The summed E-state index contributed by atoms with van der Waals surface area (Å²) in [5.74, 6) is 0. The van der Waals surface area contributed by atoms with E-state index in [1.165, 1.54) is 5.56 Å². The standard InChI is InChI=1S/C14H22N2OS/c1-16(12-14(17)18)10-6-5-9-15-11-13-7-3-2-4-8-13/h2-4,7-8,15H,5-6,9-12H2,1H3,(H,17,18). The average Bonchev–Trinajstić information content (AvgIpc) is 2.34. The first-order valence-corrected chi connectivity index (χ1v) is 6.78. The lowest BCUT2D eigenvalue weighted by molar-refractivity contribution is -0.111. The molecule has 0 saturated heterocycles. The predicted octanol–water partition coefficient (Wildman–Crippen LogP) is 1.94. The van der Waals surface area contributed by atoms with Crippen molar-refractivity contribution >= 4 is 17.7 Å². The predicted molar refractivity (Wildman–Crippen MR) is 78.9 cm³/mol. The molecule has 0 atom stereocenters. The number of rotatable bonds is 9. The number of hydrogen-bond acceptors (Lipinski definition) is 3. The third kappa shape index (κ3) is 7.48. The molecule has 0 aromatic heterocycles. The van der Waals surface area contributed by atoms with Crippen molar-refractivity contribution in [3.8, 4) is 0 Å². The van der Waals surface area contributed by atoms with Gasteiger partial charge >= 0.3 is 0 Å². The van der Waals surface area contributed by atoms with Crippen LogP contribution >= 0.6 is 12.6 Å². The first-order chi connectivity index (χ1) is 8.68. The molecule has 3 nitrogen and oxygen atoms in total. The van der Waals surface area contributed by atoms with E-state index in [2.05, 4.69) is 42.2 Å². The second-order valence-electron chi connectivity index (χ2n) is 4.50. The largest absolute Gasteiger partial charge is 0.313 e. The lowest BCUT2D eigenvalue weighted by Gasteiger charge is -2.13. The van der Waals surface area contributed by atoms with E-state index in [0.717, 1.165) is 32.5 Å². The van der Waals surface area contributed by atoms with Crippen molar-refractivity contribution in [1.82, 2.24) is 10.2 Å². The van der Waals surface area contributed by atoms with Crippen molar-refractivity contribution < 1.29 is 4.79 Å². The third-order valence-electron chi connectivity index (χ3n) is 2.72. The van der Waals surface area contributed by atoms with Crippen molar-refractivity contribution in [2.75, 3.05) is 26.7 Å². The Morgan fingerprint density at radius 2 is 2.00 bits per heavy atom. The summed E-state index contributed by atoms with van der Waals surface area (Å²) in [6, 6.07) is 10.4. The van der Waals surface area contributed by atoms with Gasteiger partial charge in [-0.15, -0.1) is 12.6 Å². The van der Waals surface area contributed by atoms with Crippen LogP contribution in [0.1, 0.15) is 18.4 Å². The van der Waals surface area contributed by atoms with Gasteiger partial charge in [0, 0.05) is 6.54 Å². The maximum Gasteiger partial charge on any atom is 0.199 e. The Kier molecular flexibility index (Phi) is 7.73. The van der Waals surface area contributed by atoms with Crippen molar-refractivity contribution in [3.63, 3.8) is 0 Å². The maximum absolute atomic E-state index is 10.8. The molecule has 0 fully saturated rings. The van der Waals surface area contributed by atoms with Gasteiger partial charge in [-0.05, 0) is 38.5 Å². The van der Waals surface area contributed by atoms with Gasteiger partial charge in [0.1, 0.15) is 0 Å². The molecule has 0 unspecified atom stereocenters. The van der Waals surface area contributed by atoms with Gasteiger partial charge in [-0.25, -0.2) is 0 Å². The quantitative estimate of drug-likeness (QED) is 0.529. The van der Waals surface area contributed by atoms with Gasteiger partial charge in [0.25, 0.3) is 0 Å². The molecule has 0 saturated carbocycles. The van der Waals surface area contributed by atoms with Gasteiger partial charge in [-0.3, -0.25) is 9.69 Å². The highest BCUT2D eigenvalue weighted by atomic mass is 32.1. The molecule has 0 bridgehead atoms. The van der Waals surface area contributed by atoms with Crippen molar-refractivity contribution in [2.45, 2.75) is 19.4 Å². The highest BCUT2D eigenvalue weighted by molar-refractivity contribution is 7.96. The molecule has 4 heteroatoms. The van der Waals surface area contributed by atoms with Crippen LogP contribution in [0.5, 0.6) is 0 Å². The van der Waals surface area contributed by atoms with E-state index in [0.29, 0.717) is 6.54 Å². The third-order valence-corrected chi connectivity index (χ3v) is 2.86. The lowest BCUT2D eigenvalue weighted by atomic mass is 10.2. The molecule has 0 aliphatic carbocycles. The number of carbonyl (C=O) groups excluding carboxylic acids is 1. The first-order valence-electron chi connectivity index (χ1n) is 6.33. The van der Waals surface area contributed by atoms with Crippen LogP contribution in [0.25, 0.3) is 0 Å². The zero-order valence-electron chi connectivity index (χ0n) is 10.9. The molecule has 18 heavy (non-hydrogen) atoms. The number of hydrogen-bond donors (Lipinski definition) is 2. The van der Waals surface area contributed by atoms with Gasteiger partial charge in [-0.1, -0.05) is 30.3 Å². The highest BCUT2D eigenvalue weighted by Crippen LogP contribution is 1.98. The first kappa shape index (κ1) is 15.2. The van der Waals surface area contributed by atoms with Crippen molar-refractivity contribution in [2.24, 2.45) is 0 Å². The number of unbranched alkanes of at least 4 members (excludes halogenated alkanes) is 1. The van der Waals surface area contributed by atoms with Crippen LogP contribution in [0.2, 0.25) is 0 Å². The molecule has 0 radical (unpaired) electrons. The van der Waals surface area contributed by atoms with Crippen LogP contribution in [0.3, 0.4) is 0 Å². The van der Waals surface area contributed by atoms with Gasteiger partial charge in [0.15, 0.2) is 5.12 Å². The van der Waals surface area contributed by atoms with Gasteiger partial charge in [-0.2, -0.15) is 0 Å². The van der Waals surface area contributed by atoms with Crippen LogP contribution in [0.4, 0.5) is 0 Å². The molecule has 1 aromatic rings. The van der Waals surface area contributed by atoms with Crippen LogP contribution in [0, 0.1) is 0 Å². The fraction of sp³-hybridized carbons (Fsp3) is 0.500. The Morgan fingerprint density at radius 3 is 2.67 bits per heavy atom. The fourth-order valence-electron chi connectivity index (χ4n) is 1.77. The number of benzene rings is 1. The summed E-state index contributed by atoms with van der Waals surface area (Å²) in [5, 5.41) is 3.35. The number of thiol groups is 1. The Morgan fingerprint density at radius 1 is 1.28 bits per heavy atom. The second kappa shape index (κ2) is 9.14. The number of carbonyl (C=O) groups is 1. The summed E-state index contributed by atoms with van der Waals surface area (Å²) in [4.78, 5) is 12.8. The molecule has 1 rings (SSSR count). The molecular weight excluding hydrogens is 244 g/mol. The minimum atomic E-state index is -0.0697. The Balaban J connectivity index is 1.97. The summed E-state index contributed by atoms with van der Waals surface area (Å²) < 4.78 is 0. The van der Waals surface area contributed by atoms with E-state index >= 15 is 0 Å². The molecule has 1 N–H and O–H groups in total. The molecule has 0 heterocycles. The number of nitrogens with one attached hydrogen (secondary N) is 1.